The number of aromatic nitrogens is 1. The number of amides is 1. The van der Waals surface area contributed by atoms with Crippen LogP contribution in [0.25, 0.3) is 0 Å². The third kappa shape index (κ3) is 3.85. The van der Waals surface area contributed by atoms with E-state index in [9.17, 15) is 9.18 Å². The Labute approximate surface area is 120 Å². The fraction of sp³-hybridized carbons (Fsp3) is 0.286. The number of aryl methyl sites for hydroxylation is 1. The monoisotopic (exact) mass is 294 g/mol. The molecule has 0 spiro atoms. The summed E-state index contributed by atoms with van der Waals surface area (Å²) in [6.07, 6.45) is 0.226. The first-order valence-corrected chi connectivity index (χ1v) is 6.89. The van der Waals surface area contributed by atoms with Crippen LogP contribution < -0.4 is 5.32 Å². The molecule has 1 aromatic carbocycles. The number of ether oxygens (including phenoxy) is 1. The van der Waals surface area contributed by atoms with E-state index in [1.54, 1.807) is 19.2 Å². The van der Waals surface area contributed by atoms with Crippen LogP contribution >= 0.6 is 11.3 Å². The first-order chi connectivity index (χ1) is 9.58. The van der Waals surface area contributed by atoms with E-state index >= 15 is 0 Å². The number of hydrogen-bond acceptors (Lipinski definition) is 4. The molecule has 0 aliphatic rings. The van der Waals surface area contributed by atoms with E-state index < -0.39 is 0 Å². The number of methoxy groups -OCH3 is 1. The quantitative estimate of drug-likeness (QED) is 0.922. The number of anilines is 1. The van der Waals surface area contributed by atoms with Crippen molar-refractivity contribution < 1.29 is 13.9 Å². The highest BCUT2D eigenvalue weighted by Gasteiger charge is 2.12. The number of carbonyl (C=O) groups excluding carboxylic acids is 1. The molecule has 0 unspecified atom stereocenters. The van der Waals surface area contributed by atoms with Gasteiger partial charge in [0.15, 0.2) is 0 Å². The Kier molecular flexibility index (Phi) is 4.81. The van der Waals surface area contributed by atoms with Gasteiger partial charge in [0, 0.05) is 17.7 Å². The number of thiazole rings is 1. The van der Waals surface area contributed by atoms with Crippen molar-refractivity contribution in [1.82, 2.24) is 4.98 Å². The van der Waals surface area contributed by atoms with E-state index in [4.69, 9.17) is 4.74 Å². The molecule has 1 heterocycles. The lowest BCUT2D eigenvalue weighted by atomic mass is 10.2. The molecule has 2 rings (SSSR count). The zero-order valence-corrected chi connectivity index (χ0v) is 12.1. The van der Waals surface area contributed by atoms with Gasteiger partial charge >= 0.3 is 0 Å². The highest BCUT2D eigenvalue weighted by atomic mass is 32.1. The van der Waals surface area contributed by atoms with Gasteiger partial charge in [-0.2, -0.15) is 0 Å². The van der Waals surface area contributed by atoms with E-state index in [-0.39, 0.29) is 18.1 Å². The molecule has 0 aliphatic heterocycles. The Bertz CT molecular complexity index is 613. The maximum absolute atomic E-state index is 13.0. The molecule has 20 heavy (non-hydrogen) atoms. The topological polar surface area (TPSA) is 51.2 Å². The average Bonchev–Trinajstić information content (AvgIpc) is 2.70. The lowest BCUT2D eigenvalue weighted by Gasteiger charge is -2.04. The highest BCUT2D eigenvalue weighted by molar-refractivity contribution is 7.11. The molecule has 1 aromatic heterocycles. The molecule has 0 saturated carbocycles. The number of benzene rings is 1. The number of nitrogens with one attached hydrogen (secondary N) is 1. The molecular weight excluding hydrogens is 279 g/mol. The molecule has 6 heteroatoms. The largest absolute Gasteiger partial charge is 0.378 e. The maximum Gasteiger partial charge on any atom is 0.229 e. The second-order valence-corrected chi connectivity index (χ2v) is 5.45. The van der Waals surface area contributed by atoms with Crippen LogP contribution in [0.4, 0.5) is 10.1 Å². The number of halogens is 1. The van der Waals surface area contributed by atoms with Crippen LogP contribution in [0, 0.1) is 12.7 Å². The third-order valence-corrected chi connectivity index (χ3v) is 3.77. The summed E-state index contributed by atoms with van der Waals surface area (Å²) < 4.78 is 18.0. The second-order valence-electron chi connectivity index (χ2n) is 4.28. The summed E-state index contributed by atoms with van der Waals surface area (Å²) in [6.45, 7) is 2.30. The fourth-order valence-electron chi connectivity index (χ4n) is 1.75. The average molecular weight is 294 g/mol. The van der Waals surface area contributed by atoms with E-state index in [0.717, 1.165) is 15.6 Å². The van der Waals surface area contributed by atoms with Gasteiger partial charge < -0.3 is 10.1 Å². The Balaban J connectivity index is 2.01. The normalized spacial score (nSPS) is 10.6. The molecule has 106 valence electrons. The predicted molar refractivity (Wildman–Crippen MR) is 76.3 cm³/mol. The van der Waals surface area contributed by atoms with Gasteiger partial charge in [-0.1, -0.05) is 6.07 Å². The van der Waals surface area contributed by atoms with Crippen LogP contribution in [0.1, 0.15) is 15.6 Å². The molecule has 0 saturated heterocycles. The molecule has 2 aromatic rings. The second kappa shape index (κ2) is 6.58. The van der Waals surface area contributed by atoms with Gasteiger partial charge in [0.25, 0.3) is 0 Å². The summed E-state index contributed by atoms with van der Waals surface area (Å²) in [7, 11) is 1.60. The van der Waals surface area contributed by atoms with Crippen molar-refractivity contribution in [3.63, 3.8) is 0 Å². The minimum Gasteiger partial charge on any atom is -0.378 e. The van der Waals surface area contributed by atoms with E-state index in [1.165, 1.54) is 23.5 Å². The van der Waals surface area contributed by atoms with Gasteiger partial charge in [-0.15, -0.1) is 11.3 Å². The number of rotatable bonds is 5. The first-order valence-electron chi connectivity index (χ1n) is 6.08. The molecule has 1 amide bonds. The summed E-state index contributed by atoms with van der Waals surface area (Å²) >= 11 is 1.46. The number of nitrogens with zero attached hydrogens (tertiary/aromatic N) is 1. The van der Waals surface area contributed by atoms with Gasteiger partial charge in [0.05, 0.1) is 18.7 Å². The van der Waals surface area contributed by atoms with E-state index in [2.05, 4.69) is 10.3 Å². The van der Waals surface area contributed by atoms with Crippen molar-refractivity contribution in [2.45, 2.75) is 20.0 Å². The van der Waals surface area contributed by atoms with Gasteiger partial charge in [-0.3, -0.25) is 4.79 Å². The van der Waals surface area contributed by atoms with Crippen LogP contribution in [-0.4, -0.2) is 18.0 Å². The van der Waals surface area contributed by atoms with Crippen molar-refractivity contribution in [1.29, 1.82) is 0 Å². The zero-order valence-electron chi connectivity index (χ0n) is 11.3. The van der Waals surface area contributed by atoms with Gasteiger partial charge in [-0.25, -0.2) is 9.37 Å². The van der Waals surface area contributed by atoms with Crippen LogP contribution in [0.2, 0.25) is 0 Å². The standard InChI is InChI=1S/C14H15FN2O2S/c1-9-12(20-14(16-9)8-19-2)7-13(18)17-11-5-3-4-10(15)6-11/h3-6H,7-8H2,1-2H3,(H,17,18). The first kappa shape index (κ1) is 14.6. The molecule has 0 aliphatic carbocycles. The maximum atomic E-state index is 13.0. The summed E-state index contributed by atoms with van der Waals surface area (Å²) in [6, 6.07) is 5.82. The van der Waals surface area contributed by atoms with Crippen molar-refractivity contribution in [2.75, 3.05) is 12.4 Å². The molecule has 1 N–H and O–H groups in total. The lowest BCUT2D eigenvalue weighted by Crippen LogP contribution is -2.14. The number of carbonyl (C=O) groups is 1. The van der Waals surface area contributed by atoms with Crippen LogP contribution in [-0.2, 0) is 22.6 Å². The van der Waals surface area contributed by atoms with Crippen LogP contribution in [0.5, 0.6) is 0 Å². The van der Waals surface area contributed by atoms with Crippen LogP contribution in [0.3, 0.4) is 0 Å². The Morgan fingerprint density at radius 1 is 1.50 bits per heavy atom. The molecule has 0 radical (unpaired) electrons. The molecule has 4 nitrogen and oxygen atoms in total. The molecule has 0 fully saturated rings. The third-order valence-electron chi connectivity index (χ3n) is 2.63. The highest BCUT2D eigenvalue weighted by Crippen LogP contribution is 2.20. The smallest absolute Gasteiger partial charge is 0.229 e. The SMILES string of the molecule is COCc1nc(C)c(CC(=O)Nc2cccc(F)c2)s1. The van der Waals surface area contributed by atoms with E-state index in [1.807, 2.05) is 6.92 Å². The Morgan fingerprint density at radius 2 is 2.30 bits per heavy atom. The predicted octanol–water partition coefficient (Wildman–Crippen LogP) is 2.92. The fourth-order valence-corrected chi connectivity index (χ4v) is 2.80. The summed E-state index contributed by atoms with van der Waals surface area (Å²) in [5.41, 5.74) is 1.28. The van der Waals surface area contributed by atoms with Crippen molar-refractivity contribution in [2.24, 2.45) is 0 Å². The van der Waals surface area contributed by atoms with E-state index in [0.29, 0.717) is 12.3 Å². The summed E-state index contributed by atoms with van der Waals surface area (Å²) in [5, 5.41) is 3.51. The lowest BCUT2D eigenvalue weighted by molar-refractivity contribution is -0.115. The summed E-state index contributed by atoms with van der Waals surface area (Å²) in [5.74, 6) is -0.564. The summed E-state index contributed by atoms with van der Waals surface area (Å²) in [4.78, 5) is 17.1. The van der Waals surface area contributed by atoms with Crippen LogP contribution in [0.15, 0.2) is 24.3 Å². The molecule has 0 bridgehead atoms. The molecule has 0 atom stereocenters. The van der Waals surface area contributed by atoms with Gasteiger partial charge in [0.2, 0.25) is 5.91 Å². The van der Waals surface area contributed by atoms with Gasteiger partial charge in [-0.05, 0) is 25.1 Å². The van der Waals surface area contributed by atoms with Gasteiger partial charge in [0.1, 0.15) is 10.8 Å². The van der Waals surface area contributed by atoms with Crippen molar-refractivity contribution in [3.05, 3.63) is 45.7 Å². The Morgan fingerprint density at radius 3 is 3.00 bits per heavy atom. The molecular formula is C14H15FN2O2S. The number of hydrogen-bond donors (Lipinski definition) is 1. The zero-order chi connectivity index (χ0) is 14.5. The Hall–Kier alpha value is -1.79. The van der Waals surface area contributed by atoms with Crippen molar-refractivity contribution in [3.8, 4) is 0 Å². The van der Waals surface area contributed by atoms with Crippen molar-refractivity contribution >= 4 is 22.9 Å². The minimum absolute atomic E-state index is 0.189. The minimum atomic E-state index is -0.376.